The molecule has 0 aromatic heterocycles. The Bertz CT molecular complexity index is 879. The van der Waals surface area contributed by atoms with Gasteiger partial charge in [-0.05, 0) is 44.5 Å². The van der Waals surface area contributed by atoms with Crippen LogP contribution in [-0.2, 0) is 4.79 Å². The topological polar surface area (TPSA) is 52.6 Å². The van der Waals surface area contributed by atoms with Crippen LogP contribution in [0.1, 0.15) is 34.0 Å². The average Bonchev–Trinajstić information content (AvgIpc) is 2.89. The molecule has 1 heterocycles. The zero-order chi connectivity index (χ0) is 18.1. The predicted molar refractivity (Wildman–Crippen MR) is 96.2 cm³/mol. The first-order valence-corrected chi connectivity index (χ1v) is 8.30. The predicted octanol–water partition coefficient (Wildman–Crippen LogP) is 4.45. The van der Waals surface area contributed by atoms with Crippen molar-refractivity contribution < 1.29 is 19.1 Å². The fraction of sp³-hybridized carbons (Fsp3) is 0.200. The van der Waals surface area contributed by atoms with Crippen LogP contribution in [0.5, 0.6) is 11.5 Å². The van der Waals surface area contributed by atoms with Crippen LogP contribution in [0.25, 0.3) is 6.08 Å². The molecule has 0 aliphatic carbocycles. The third-order valence-corrected chi connectivity index (χ3v) is 4.13. The number of allylic oxidation sites excluding steroid dienone is 1. The van der Waals surface area contributed by atoms with Gasteiger partial charge in [-0.25, -0.2) is 0 Å². The van der Waals surface area contributed by atoms with Crippen LogP contribution in [0.2, 0.25) is 0 Å². The first-order chi connectivity index (χ1) is 11.9. The molecule has 0 N–H and O–H groups in total. The lowest BCUT2D eigenvalue weighted by Gasteiger charge is -2.10. The minimum atomic E-state index is -0.757. The van der Waals surface area contributed by atoms with Gasteiger partial charge in [0.15, 0.2) is 5.76 Å². The van der Waals surface area contributed by atoms with Gasteiger partial charge in [0.05, 0.1) is 5.56 Å². The number of fused-ring (bicyclic) bond motifs is 1. The van der Waals surface area contributed by atoms with E-state index in [2.05, 4.69) is 0 Å². The Morgan fingerprint density at radius 3 is 2.48 bits per heavy atom. The molecule has 1 unspecified atom stereocenters. The van der Waals surface area contributed by atoms with Crippen molar-refractivity contribution in [3.8, 4) is 11.5 Å². The second-order valence-electron chi connectivity index (χ2n) is 5.95. The highest BCUT2D eigenvalue weighted by molar-refractivity contribution is 6.29. The van der Waals surface area contributed by atoms with Gasteiger partial charge >= 0.3 is 5.97 Å². The summed E-state index contributed by atoms with van der Waals surface area (Å²) in [6.45, 7) is 5.27. The monoisotopic (exact) mass is 356 g/mol. The second-order valence-corrected chi connectivity index (χ2v) is 6.61. The van der Waals surface area contributed by atoms with E-state index < -0.39 is 11.3 Å². The highest BCUT2D eigenvalue weighted by atomic mass is 35.5. The number of aryl methyl sites for hydroxylation is 1. The molecule has 0 saturated heterocycles. The summed E-state index contributed by atoms with van der Waals surface area (Å²) < 4.78 is 11.0. The molecule has 25 heavy (non-hydrogen) atoms. The minimum absolute atomic E-state index is 0.192. The Labute approximate surface area is 151 Å². The summed E-state index contributed by atoms with van der Waals surface area (Å²) in [5, 5.41) is -0.757. The number of ketones is 1. The van der Waals surface area contributed by atoms with Crippen molar-refractivity contribution in [2.45, 2.75) is 26.1 Å². The van der Waals surface area contributed by atoms with Crippen LogP contribution in [0.4, 0.5) is 0 Å². The fourth-order valence-electron chi connectivity index (χ4n) is 2.48. The summed E-state index contributed by atoms with van der Waals surface area (Å²) in [4.78, 5) is 24.2. The van der Waals surface area contributed by atoms with Crippen molar-refractivity contribution in [2.75, 3.05) is 0 Å². The molecule has 0 amide bonds. The summed E-state index contributed by atoms with van der Waals surface area (Å²) in [5.41, 5.74) is 3.06. The molecular weight excluding hydrogens is 340 g/mol. The molecule has 128 valence electrons. The zero-order valence-electron chi connectivity index (χ0n) is 14.1. The number of carbonyl (C=O) groups is 2. The van der Waals surface area contributed by atoms with Crippen molar-refractivity contribution in [1.29, 1.82) is 0 Å². The molecule has 4 nitrogen and oxygen atoms in total. The number of hydrogen-bond donors (Lipinski definition) is 0. The largest absolute Gasteiger partial charge is 0.452 e. The summed E-state index contributed by atoms with van der Waals surface area (Å²) in [6, 6.07) is 11.0. The number of halogens is 1. The van der Waals surface area contributed by atoms with E-state index in [0.29, 0.717) is 22.6 Å². The van der Waals surface area contributed by atoms with Crippen molar-refractivity contribution in [3.05, 3.63) is 64.4 Å². The number of carbonyl (C=O) groups excluding carboxylic acids is 2. The first-order valence-electron chi connectivity index (χ1n) is 7.87. The molecule has 1 aliphatic rings. The van der Waals surface area contributed by atoms with Gasteiger partial charge in [-0.3, -0.25) is 9.59 Å². The number of ether oxygens (including phenoxy) is 2. The van der Waals surface area contributed by atoms with E-state index >= 15 is 0 Å². The standard InChI is InChI=1S/C20H17ClO4/c1-11-4-6-14(7-5-11)10-17-18(22)15-8-9-16(12(2)19(15)24-17)25-20(23)13(3)21/h4-10,13H,1-3H3/b17-10-. The lowest BCUT2D eigenvalue weighted by molar-refractivity contribution is -0.133. The highest BCUT2D eigenvalue weighted by Gasteiger charge is 2.30. The Balaban J connectivity index is 1.92. The number of rotatable bonds is 3. The normalized spacial score (nSPS) is 15.7. The van der Waals surface area contributed by atoms with Crippen molar-refractivity contribution in [1.82, 2.24) is 0 Å². The Morgan fingerprint density at radius 2 is 1.84 bits per heavy atom. The molecule has 1 atom stereocenters. The SMILES string of the molecule is Cc1ccc(/C=C2\Oc3c(ccc(OC(=O)C(C)Cl)c3C)C2=O)cc1. The quantitative estimate of drug-likeness (QED) is 0.353. The fourth-order valence-corrected chi connectivity index (χ4v) is 2.53. The van der Waals surface area contributed by atoms with E-state index in [9.17, 15) is 9.59 Å². The lowest BCUT2D eigenvalue weighted by atomic mass is 10.1. The zero-order valence-corrected chi connectivity index (χ0v) is 14.9. The lowest BCUT2D eigenvalue weighted by Crippen LogP contribution is -2.18. The Kier molecular flexibility index (Phi) is 4.64. The molecule has 0 fully saturated rings. The number of Topliss-reactive ketones (excluding diaryl/α,β-unsaturated/α-hetero) is 1. The second kappa shape index (κ2) is 6.73. The van der Waals surface area contributed by atoms with Crippen molar-refractivity contribution >= 4 is 29.4 Å². The molecule has 5 heteroatoms. The molecule has 0 saturated carbocycles. The minimum Gasteiger partial charge on any atom is -0.452 e. The molecule has 0 radical (unpaired) electrons. The van der Waals surface area contributed by atoms with Gasteiger partial charge in [0, 0.05) is 5.56 Å². The summed E-state index contributed by atoms with van der Waals surface area (Å²) in [7, 11) is 0. The van der Waals surface area contributed by atoms with Gasteiger partial charge in [0.1, 0.15) is 16.9 Å². The molecule has 0 spiro atoms. The van der Waals surface area contributed by atoms with Crippen LogP contribution < -0.4 is 9.47 Å². The van der Waals surface area contributed by atoms with Crippen LogP contribution in [0.15, 0.2) is 42.2 Å². The average molecular weight is 357 g/mol. The van der Waals surface area contributed by atoms with Gasteiger partial charge in [-0.15, -0.1) is 11.6 Å². The van der Waals surface area contributed by atoms with Gasteiger partial charge in [-0.1, -0.05) is 29.8 Å². The summed E-state index contributed by atoms with van der Waals surface area (Å²) in [6.07, 6.45) is 1.70. The summed E-state index contributed by atoms with van der Waals surface area (Å²) in [5.74, 6) is 0.249. The van der Waals surface area contributed by atoms with Crippen LogP contribution in [0.3, 0.4) is 0 Å². The number of alkyl halides is 1. The molecule has 2 aromatic carbocycles. The molecular formula is C20H17ClO4. The molecule has 3 rings (SSSR count). The maximum Gasteiger partial charge on any atom is 0.329 e. The van der Waals surface area contributed by atoms with E-state index in [-0.39, 0.29) is 11.5 Å². The van der Waals surface area contributed by atoms with E-state index in [0.717, 1.165) is 11.1 Å². The maximum atomic E-state index is 12.5. The van der Waals surface area contributed by atoms with E-state index in [1.54, 1.807) is 25.1 Å². The van der Waals surface area contributed by atoms with Gasteiger partial charge < -0.3 is 9.47 Å². The van der Waals surface area contributed by atoms with Crippen LogP contribution in [-0.4, -0.2) is 17.1 Å². The highest BCUT2D eigenvalue weighted by Crippen LogP contribution is 2.39. The summed E-state index contributed by atoms with van der Waals surface area (Å²) >= 11 is 5.73. The number of esters is 1. The third-order valence-electron chi connectivity index (χ3n) is 3.95. The number of benzene rings is 2. The maximum absolute atomic E-state index is 12.5. The molecule has 1 aliphatic heterocycles. The van der Waals surface area contributed by atoms with E-state index in [1.165, 1.54) is 6.92 Å². The van der Waals surface area contributed by atoms with Gasteiger partial charge in [-0.2, -0.15) is 0 Å². The third kappa shape index (κ3) is 3.44. The Hall–Kier alpha value is -2.59. The molecule has 2 aromatic rings. The smallest absolute Gasteiger partial charge is 0.329 e. The van der Waals surface area contributed by atoms with Crippen LogP contribution >= 0.6 is 11.6 Å². The Morgan fingerprint density at radius 1 is 1.16 bits per heavy atom. The van der Waals surface area contributed by atoms with Crippen molar-refractivity contribution in [2.24, 2.45) is 0 Å². The van der Waals surface area contributed by atoms with E-state index in [4.69, 9.17) is 21.1 Å². The van der Waals surface area contributed by atoms with Gasteiger partial charge in [0.25, 0.3) is 0 Å². The van der Waals surface area contributed by atoms with Crippen LogP contribution in [0, 0.1) is 13.8 Å². The first kappa shape index (κ1) is 17.2. The molecule has 0 bridgehead atoms. The van der Waals surface area contributed by atoms with Gasteiger partial charge in [0.2, 0.25) is 5.78 Å². The van der Waals surface area contributed by atoms with Crippen molar-refractivity contribution in [3.63, 3.8) is 0 Å². The number of hydrogen-bond acceptors (Lipinski definition) is 4. The van der Waals surface area contributed by atoms with E-state index in [1.807, 2.05) is 31.2 Å².